The van der Waals surface area contributed by atoms with Gasteiger partial charge in [-0.25, -0.2) is 0 Å². The van der Waals surface area contributed by atoms with Gasteiger partial charge in [-0.2, -0.15) is 14.9 Å². The molecule has 2 aromatic heterocycles. The molecule has 0 amide bonds. The smallest absolute Gasteiger partial charge is 0.216 e. The minimum absolute atomic E-state index is 0.502. The average Bonchev–Trinajstić information content (AvgIpc) is 2.69. The summed E-state index contributed by atoms with van der Waals surface area (Å²) in [5.41, 5.74) is 0.972. The number of nitrogens with one attached hydrogen (secondary N) is 1. The van der Waals surface area contributed by atoms with E-state index >= 15 is 0 Å². The third-order valence-corrected chi connectivity index (χ3v) is 2.33. The third kappa shape index (κ3) is 2.22. The van der Waals surface area contributed by atoms with Crippen LogP contribution in [0.2, 0.25) is 0 Å². The lowest BCUT2D eigenvalue weighted by molar-refractivity contribution is 0.780. The van der Waals surface area contributed by atoms with Gasteiger partial charge in [0, 0.05) is 18.8 Å². The van der Waals surface area contributed by atoms with Gasteiger partial charge in [0.2, 0.25) is 4.77 Å². The lowest BCUT2D eigenvalue weighted by Gasteiger charge is -1.96. The van der Waals surface area contributed by atoms with Gasteiger partial charge in [0.15, 0.2) is 5.82 Å². The van der Waals surface area contributed by atoms with E-state index in [1.807, 2.05) is 19.1 Å². The summed E-state index contributed by atoms with van der Waals surface area (Å²) in [4.78, 5) is 3.93. The van der Waals surface area contributed by atoms with Crippen LogP contribution in [0.3, 0.4) is 0 Å². The molecule has 5 nitrogen and oxygen atoms in total. The standard InChI is InChI=1S/C10H11N5S/c1-2-9-13-14-10(16)15(9)12-7-8-3-5-11-6-4-8/h3-7H,2H2,1H3,(H,14,16)/b12-7+. The molecule has 0 aliphatic heterocycles. The van der Waals surface area contributed by atoms with E-state index < -0.39 is 0 Å². The highest BCUT2D eigenvalue weighted by atomic mass is 32.1. The molecular weight excluding hydrogens is 222 g/mol. The number of hydrogen-bond acceptors (Lipinski definition) is 4. The molecule has 2 aromatic rings. The van der Waals surface area contributed by atoms with Crippen LogP contribution in [0.15, 0.2) is 29.6 Å². The van der Waals surface area contributed by atoms with Gasteiger partial charge in [-0.05, 0) is 29.9 Å². The van der Waals surface area contributed by atoms with Crippen LogP contribution in [0.4, 0.5) is 0 Å². The first-order valence-corrected chi connectivity index (χ1v) is 5.32. The van der Waals surface area contributed by atoms with Gasteiger partial charge in [-0.1, -0.05) is 6.92 Å². The van der Waals surface area contributed by atoms with Gasteiger partial charge < -0.3 is 0 Å². The predicted octanol–water partition coefficient (Wildman–Crippen LogP) is 1.78. The molecule has 0 radical (unpaired) electrons. The minimum atomic E-state index is 0.502. The molecule has 0 aliphatic carbocycles. The average molecular weight is 233 g/mol. The molecule has 2 rings (SSSR count). The van der Waals surface area contributed by atoms with E-state index in [9.17, 15) is 0 Å². The maximum Gasteiger partial charge on any atom is 0.216 e. The van der Waals surface area contributed by atoms with Crippen molar-refractivity contribution in [2.75, 3.05) is 0 Å². The molecule has 0 unspecified atom stereocenters. The molecule has 2 heterocycles. The van der Waals surface area contributed by atoms with Gasteiger partial charge in [-0.3, -0.25) is 10.1 Å². The van der Waals surface area contributed by atoms with Crippen molar-refractivity contribution in [2.45, 2.75) is 13.3 Å². The van der Waals surface area contributed by atoms with Crippen LogP contribution < -0.4 is 0 Å². The van der Waals surface area contributed by atoms with Gasteiger partial charge in [0.25, 0.3) is 0 Å². The summed E-state index contributed by atoms with van der Waals surface area (Å²) in [7, 11) is 0. The fourth-order valence-electron chi connectivity index (χ4n) is 1.25. The van der Waals surface area contributed by atoms with Crippen molar-refractivity contribution in [3.8, 4) is 0 Å². The maximum absolute atomic E-state index is 5.07. The second-order valence-corrected chi connectivity index (χ2v) is 3.52. The zero-order valence-corrected chi connectivity index (χ0v) is 9.61. The molecule has 0 saturated heterocycles. The zero-order valence-electron chi connectivity index (χ0n) is 8.79. The van der Waals surface area contributed by atoms with E-state index in [1.165, 1.54) is 0 Å². The van der Waals surface area contributed by atoms with Crippen molar-refractivity contribution in [1.82, 2.24) is 19.9 Å². The Kier molecular flexibility index (Phi) is 3.21. The number of aromatic nitrogens is 4. The van der Waals surface area contributed by atoms with Crippen LogP contribution in [0.1, 0.15) is 18.3 Å². The Labute approximate surface area is 97.9 Å². The summed E-state index contributed by atoms with van der Waals surface area (Å²) in [6.45, 7) is 2.00. The van der Waals surface area contributed by atoms with Crippen LogP contribution >= 0.6 is 12.2 Å². The van der Waals surface area contributed by atoms with Gasteiger partial charge in [-0.15, -0.1) is 0 Å². The first-order valence-electron chi connectivity index (χ1n) is 4.92. The molecular formula is C10H11N5S. The minimum Gasteiger partial charge on any atom is -0.265 e. The molecule has 0 atom stereocenters. The Morgan fingerprint density at radius 3 is 2.94 bits per heavy atom. The monoisotopic (exact) mass is 233 g/mol. The molecule has 0 saturated carbocycles. The Morgan fingerprint density at radius 1 is 1.50 bits per heavy atom. The highest BCUT2D eigenvalue weighted by Crippen LogP contribution is 1.99. The maximum atomic E-state index is 5.07. The normalized spacial score (nSPS) is 11.1. The summed E-state index contributed by atoms with van der Waals surface area (Å²) in [6.07, 6.45) is 5.94. The summed E-state index contributed by atoms with van der Waals surface area (Å²) in [5, 5.41) is 11.1. The van der Waals surface area contributed by atoms with Crippen LogP contribution in [0.5, 0.6) is 0 Å². The highest BCUT2D eigenvalue weighted by Gasteiger charge is 2.00. The van der Waals surface area contributed by atoms with Gasteiger partial charge in [0.1, 0.15) is 0 Å². The molecule has 0 fully saturated rings. The van der Waals surface area contributed by atoms with Crippen molar-refractivity contribution in [3.63, 3.8) is 0 Å². The quantitative estimate of drug-likeness (QED) is 0.649. The number of pyridine rings is 1. The number of nitrogens with zero attached hydrogens (tertiary/aromatic N) is 4. The Morgan fingerprint density at radius 2 is 2.25 bits per heavy atom. The SMILES string of the molecule is CCc1n[nH]c(=S)n1/N=C/c1ccncc1. The number of aryl methyl sites for hydroxylation is 1. The van der Waals surface area contributed by atoms with Crippen molar-refractivity contribution in [2.24, 2.45) is 5.10 Å². The molecule has 16 heavy (non-hydrogen) atoms. The predicted molar refractivity (Wildman–Crippen MR) is 64.0 cm³/mol. The molecule has 0 aromatic carbocycles. The van der Waals surface area contributed by atoms with Crippen molar-refractivity contribution in [3.05, 3.63) is 40.7 Å². The van der Waals surface area contributed by atoms with Crippen LogP contribution in [-0.4, -0.2) is 26.1 Å². The lowest BCUT2D eigenvalue weighted by atomic mass is 10.3. The summed E-state index contributed by atoms with van der Waals surface area (Å²) < 4.78 is 2.12. The molecule has 6 heteroatoms. The zero-order chi connectivity index (χ0) is 11.4. The van der Waals surface area contributed by atoms with E-state index in [0.29, 0.717) is 4.77 Å². The fraction of sp³-hybridized carbons (Fsp3) is 0.200. The second kappa shape index (κ2) is 4.80. The first-order chi connectivity index (χ1) is 7.81. The summed E-state index contributed by atoms with van der Waals surface area (Å²) >= 11 is 5.07. The number of hydrogen-bond donors (Lipinski definition) is 1. The first kappa shape index (κ1) is 10.7. The van der Waals surface area contributed by atoms with Crippen LogP contribution in [0.25, 0.3) is 0 Å². The summed E-state index contributed by atoms with van der Waals surface area (Å²) in [5.74, 6) is 0.815. The van der Waals surface area contributed by atoms with Gasteiger partial charge >= 0.3 is 0 Å². The number of aromatic amines is 1. The van der Waals surface area contributed by atoms with Crippen molar-refractivity contribution < 1.29 is 0 Å². The number of H-pyrrole nitrogens is 1. The molecule has 1 N–H and O–H groups in total. The Bertz CT molecular complexity index is 540. The highest BCUT2D eigenvalue weighted by molar-refractivity contribution is 7.71. The molecule has 0 spiro atoms. The van der Waals surface area contributed by atoms with Crippen LogP contribution in [0, 0.1) is 4.77 Å². The topological polar surface area (TPSA) is 58.9 Å². The van der Waals surface area contributed by atoms with E-state index in [2.05, 4.69) is 20.3 Å². The third-order valence-electron chi connectivity index (χ3n) is 2.06. The van der Waals surface area contributed by atoms with E-state index in [-0.39, 0.29) is 0 Å². The Hall–Kier alpha value is -1.82. The molecule has 82 valence electrons. The van der Waals surface area contributed by atoms with Crippen LogP contribution in [-0.2, 0) is 6.42 Å². The molecule has 0 bridgehead atoms. The summed E-state index contributed by atoms with van der Waals surface area (Å²) in [6, 6.07) is 3.75. The second-order valence-electron chi connectivity index (χ2n) is 3.14. The van der Waals surface area contributed by atoms with Gasteiger partial charge in [0.05, 0.1) is 6.21 Å². The molecule has 0 aliphatic rings. The van der Waals surface area contributed by atoms with Crippen molar-refractivity contribution in [1.29, 1.82) is 0 Å². The van der Waals surface area contributed by atoms with E-state index in [1.54, 1.807) is 23.3 Å². The largest absolute Gasteiger partial charge is 0.265 e. The lowest BCUT2D eigenvalue weighted by Crippen LogP contribution is -1.97. The van der Waals surface area contributed by atoms with Crippen molar-refractivity contribution >= 4 is 18.4 Å². The van der Waals surface area contributed by atoms with E-state index in [4.69, 9.17) is 12.2 Å². The number of rotatable bonds is 3. The Balaban J connectivity index is 2.30. The van der Waals surface area contributed by atoms with E-state index in [0.717, 1.165) is 17.8 Å². The fourth-order valence-corrected chi connectivity index (χ4v) is 1.44.